The molecule has 6 heteroatoms. The molecule has 1 fully saturated rings. The number of phenolic OH excluding ortho intramolecular Hbond substituents is 1. The first kappa shape index (κ1) is 30.9. The van der Waals surface area contributed by atoms with Crippen molar-refractivity contribution in [1.82, 2.24) is 4.90 Å². The Morgan fingerprint density at radius 2 is 1.62 bits per heavy atom. The summed E-state index contributed by atoms with van der Waals surface area (Å²) in [7, 11) is 1.57. The van der Waals surface area contributed by atoms with Gasteiger partial charge in [0.05, 0.1) is 12.4 Å². The summed E-state index contributed by atoms with van der Waals surface area (Å²) in [5.41, 5.74) is 4.35. The van der Waals surface area contributed by atoms with E-state index >= 15 is 0 Å². The Kier molecular flexibility index (Phi) is 10.4. The van der Waals surface area contributed by atoms with Gasteiger partial charge < -0.3 is 14.8 Å². The van der Waals surface area contributed by atoms with E-state index in [0.717, 1.165) is 48.2 Å². The number of nitrogens with zero attached hydrogens (tertiary/aromatic N) is 2. The van der Waals surface area contributed by atoms with E-state index in [-0.39, 0.29) is 33.7 Å². The molecule has 1 aliphatic heterocycles. The predicted octanol–water partition coefficient (Wildman–Crippen LogP) is 7.48. The molecule has 0 radical (unpaired) electrons. The number of aromatic hydroxyl groups is 1. The molecule has 0 bridgehead atoms. The fraction of sp³-hybridized carbons (Fsp3) is 0.548. The van der Waals surface area contributed by atoms with Crippen LogP contribution in [0, 0.1) is 17.2 Å². The largest absolute Gasteiger partial charge is 0.507 e. The molecule has 0 spiro atoms. The van der Waals surface area contributed by atoms with E-state index in [9.17, 15) is 5.11 Å². The van der Waals surface area contributed by atoms with Gasteiger partial charge in [-0.25, -0.2) is 0 Å². The van der Waals surface area contributed by atoms with Crippen molar-refractivity contribution < 1.29 is 9.94 Å². The first-order valence-corrected chi connectivity index (χ1v) is 13.2. The maximum Gasteiger partial charge on any atom is 0.123 e. The molecule has 2 atom stereocenters. The minimum atomic E-state index is -0.231. The summed E-state index contributed by atoms with van der Waals surface area (Å²) in [5.74, 6) is 1.69. The lowest BCUT2D eigenvalue weighted by atomic mass is 9.78. The molecule has 3 rings (SSSR count). The van der Waals surface area contributed by atoms with Crippen LogP contribution in [0.5, 0.6) is 5.75 Å². The normalized spacial score (nSPS) is 18.6. The van der Waals surface area contributed by atoms with Crippen LogP contribution in [-0.4, -0.2) is 41.8 Å². The van der Waals surface area contributed by atoms with Gasteiger partial charge in [-0.3, -0.25) is 5.41 Å². The van der Waals surface area contributed by atoms with Crippen LogP contribution < -0.4 is 0 Å². The van der Waals surface area contributed by atoms with Crippen LogP contribution >= 0.6 is 17.0 Å². The maximum atomic E-state index is 11.2. The molecular formula is C31H46BrN3O2. The van der Waals surface area contributed by atoms with Crippen LogP contribution in [0.4, 0.5) is 0 Å². The van der Waals surface area contributed by atoms with E-state index in [2.05, 4.69) is 82.8 Å². The SMILES string of the molecule is Br.CCCC1CN(CC(=NOC)c2cc(C(C)(C)C)c(O)c(C(C)(C)C)c2)C(=N)C1Cc1ccccc1. The lowest BCUT2D eigenvalue weighted by Gasteiger charge is -2.29. The molecule has 0 saturated carbocycles. The number of likely N-dealkylation sites (tertiary alicyclic amines) is 1. The standard InChI is InChI=1S/C31H45N3O2.BrH/c1-9-13-22-19-34(29(32)24(22)16-21-14-11-10-12-15-21)20-27(33-36-8)23-17-25(30(2,3)4)28(35)26(18-23)31(5,6)7;/h10-12,14-15,17-18,22,24,32,35H,9,13,16,19-20H2,1-8H3;1H. The first-order valence-electron chi connectivity index (χ1n) is 13.2. The summed E-state index contributed by atoms with van der Waals surface area (Å²) >= 11 is 0. The molecule has 0 amide bonds. The zero-order chi connectivity index (χ0) is 26.7. The number of hydrogen-bond acceptors (Lipinski definition) is 4. The van der Waals surface area contributed by atoms with Gasteiger partial charge in [0.15, 0.2) is 0 Å². The fourth-order valence-corrected chi connectivity index (χ4v) is 5.32. The van der Waals surface area contributed by atoms with Crippen LogP contribution in [0.3, 0.4) is 0 Å². The topological polar surface area (TPSA) is 68.9 Å². The van der Waals surface area contributed by atoms with E-state index in [1.807, 2.05) is 18.2 Å². The van der Waals surface area contributed by atoms with Gasteiger partial charge in [0, 0.05) is 29.2 Å². The number of oxime groups is 1. The molecule has 5 nitrogen and oxygen atoms in total. The molecule has 1 heterocycles. The molecule has 0 aromatic heterocycles. The van der Waals surface area contributed by atoms with E-state index in [0.29, 0.717) is 24.0 Å². The second-order valence-electron chi connectivity index (χ2n) is 12.3. The van der Waals surface area contributed by atoms with Crippen molar-refractivity contribution in [3.63, 3.8) is 0 Å². The van der Waals surface area contributed by atoms with E-state index in [1.54, 1.807) is 7.11 Å². The van der Waals surface area contributed by atoms with Crippen molar-refractivity contribution in [2.75, 3.05) is 20.2 Å². The molecule has 37 heavy (non-hydrogen) atoms. The highest BCUT2D eigenvalue weighted by Gasteiger charge is 2.37. The van der Waals surface area contributed by atoms with Gasteiger partial charge in [0.1, 0.15) is 18.6 Å². The maximum absolute atomic E-state index is 11.2. The van der Waals surface area contributed by atoms with Crippen molar-refractivity contribution in [1.29, 1.82) is 5.41 Å². The number of nitrogens with one attached hydrogen (secondary N) is 1. The van der Waals surface area contributed by atoms with Crippen LogP contribution in [-0.2, 0) is 22.1 Å². The molecule has 1 aliphatic rings. The molecular weight excluding hydrogens is 526 g/mol. The van der Waals surface area contributed by atoms with Crippen molar-refractivity contribution in [3.8, 4) is 5.75 Å². The van der Waals surface area contributed by atoms with Crippen molar-refractivity contribution in [2.45, 2.75) is 78.6 Å². The van der Waals surface area contributed by atoms with E-state index in [4.69, 9.17) is 10.2 Å². The summed E-state index contributed by atoms with van der Waals surface area (Å²) < 4.78 is 0. The Morgan fingerprint density at radius 1 is 1.05 bits per heavy atom. The number of phenols is 1. The number of benzene rings is 2. The third kappa shape index (κ3) is 7.37. The number of rotatable bonds is 8. The Balaban J connectivity index is 0.00000481. The summed E-state index contributed by atoms with van der Waals surface area (Å²) in [6.45, 7) is 16.3. The van der Waals surface area contributed by atoms with Crippen molar-refractivity contribution in [2.24, 2.45) is 17.0 Å². The highest BCUT2D eigenvalue weighted by atomic mass is 79.9. The number of amidine groups is 1. The zero-order valence-electron chi connectivity index (χ0n) is 23.9. The zero-order valence-corrected chi connectivity index (χ0v) is 25.6. The van der Waals surface area contributed by atoms with Crippen LogP contribution in [0.25, 0.3) is 0 Å². The Bertz CT molecular complexity index is 1050. The molecule has 2 aromatic carbocycles. The monoisotopic (exact) mass is 571 g/mol. The fourth-order valence-electron chi connectivity index (χ4n) is 5.32. The number of halogens is 1. The van der Waals surface area contributed by atoms with Crippen molar-refractivity contribution >= 4 is 28.5 Å². The van der Waals surface area contributed by atoms with Gasteiger partial charge in [0.2, 0.25) is 0 Å². The van der Waals surface area contributed by atoms with E-state index in [1.165, 1.54) is 5.56 Å². The van der Waals surface area contributed by atoms with Gasteiger partial charge in [-0.05, 0) is 47.3 Å². The molecule has 2 unspecified atom stereocenters. The molecule has 204 valence electrons. The lowest BCUT2D eigenvalue weighted by molar-refractivity contribution is 0.212. The Hall–Kier alpha value is -2.34. The summed E-state index contributed by atoms with van der Waals surface area (Å²) in [4.78, 5) is 7.48. The molecule has 0 aliphatic carbocycles. The van der Waals surface area contributed by atoms with Gasteiger partial charge in [0.25, 0.3) is 0 Å². The van der Waals surface area contributed by atoms with Crippen molar-refractivity contribution in [3.05, 3.63) is 64.7 Å². The second kappa shape index (κ2) is 12.5. The van der Waals surface area contributed by atoms with Crippen LogP contribution in [0.1, 0.15) is 83.6 Å². The van der Waals surface area contributed by atoms with Gasteiger partial charge in [-0.2, -0.15) is 0 Å². The third-order valence-corrected chi connectivity index (χ3v) is 7.28. The predicted molar refractivity (Wildman–Crippen MR) is 161 cm³/mol. The van der Waals surface area contributed by atoms with Gasteiger partial charge >= 0.3 is 0 Å². The summed E-state index contributed by atoms with van der Waals surface area (Å²) in [6, 6.07) is 14.6. The summed E-state index contributed by atoms with van der Waals surface area (Å²) in [6.07, 6.45) is 3.10. The first-order chi connectivity index (χ1) is 16.9. The van der Waals surface area contributed by atoms with E-state index < -0.39 is 0 Å². The summed E-state index contributed by atoms with van der Waals surface area (Å²) in [5, 5.41) is 24.7. The van der Waals surface area contributed by atoms with Gasteiger partial charge in [-0.15, -0.1) is 17.0 Å². The second-order valence-corrected chi connectivity index (χ2v) is 12.3. The third-order valence-electron chi connectivity index (χ3n) is 7.28. The minimum absolute atomic E-state index is 0. The smallest absolute Gasteiger partial charge is 0.123 e. The van der Waals surface area contributed by atoms with Gasteiger partial charge in [-0.1, -0.05) is 90.4 Å². The highest BCUT2D eigenvalue weighted by Crippen LogP contribution is 2.40. The minimum Gasteiger partial charge on any atom is -0.507 e. The van der Waals surface area contributed by atoms with Crippen LogP contribution in [0.2, 0.25) is 0 Å². The lowest BCUT2D eigenvalue weighted by Crippen LogP contribution is -2.33. The molecule has 2 aromatic rings. The number of hydrogen-bond donors (Lipinski definition) is 2. The quantitative estimate of drug-likeness (QED) is 0.255. The highest BCUT2D eigenvalue weighted by molar-refractivity contribution is 8.93. The van der Waals surface area contributed by atoms with Crippen LogP contribution in [0.15, 0.2) is 47.6 Å². The average molecular weight is 573 g/mol. The average Bonchev–Trinajstić information content (AvgIpc) is 3.07. The molecule has 2 N–H and O–H groups in total. The molecule has 1 saturated heterocycles. The Labute approximate surface area is 234 Å². The Morgan fingerprint density at radius 3 is 2.11 bits per heavy atom.